The van der Waals surface area contributed by atoms with Crippen LogP contribution in [0.5, 0.6) is 0 Å². The molecule has 1 aromatic rings. The molecule has 20 heavy (non-hydrogen) atoms. The van der Waals surface area contributed by atoms with Crippen molar-refractivity contribution in [3.05, 3.63) is 27.9 Å². The Morgan fingerprint density at radius 1 is 1.55 bits per heavy atom. The summed E-state index contributed by atoms with van der Waals surface area (Å²) in [5.41, 5.74) is -0.524. The summed E-state index contributed by atoms with van der Waals surface area (Å²) in [4.78, 5) is 32.5. The van der Waals surface area contributed by atoms with E-state index in [2.05, 4.69) is 9.97 Å². The second-order valence-corrected chi connectivity index (χ2v) is 6.25. The van der Waals surface area contributed by atoms with Crippen LogP contribution < -0.4 is 5.56 Å². The van der Waals surface area contributed by atoms with E-state index in [4.69, 9.17) is 0 Å². The Morgan fingerprint density at radius 3 is 2.90 bits per heavy atom. The topological polar surface area (TPSA) is 86.3 Å². The van der Waals surface area contributed by atoms with Crippen LogP contribution in [0, 0.1) is 12.3 Å². The van der Waals surface area contributed by atoms with E-state index >= 15 is 0 Å². The molecule has 0 saturated carbocycles. The number of aryl methyl sites for hydroxylation is 1. The Bertz CT molecular complexity index is 565. The van der Waals surface area contributed by atoms with E-state index < -0.39 is 11.7 Å². The molecule has 2 N–H and O–H groups in total. The zero-order valence-corrected chi connectivity index (χ0v) is 12.1. The van der Waals surface area contributed by atoms with Gasteiger partial charge in [-0.3, -0.25) is 9.59 Å². The largest absolute Gasteiger partial charge is 0.393 e. The zero-order chi connectivity index (χ0) is 14.9. The van der Waals surface area contributed by atoms with Crippen molar-refractivity contribution in [2.75, 3.05) is 13.1 Å². The van der Waals surface area contributed by atoms with Gasteiger partial charge in [0.25, 0.3) is 11.5 Å². The summed E-state index contributed by atoms with van der Waals surface area (Å²) in [5, 5.41) is 9.87. The number of likely N-dealkylation sites (tertiary alicyclic amines) is 1. The molecule has 0 aromatic carbocycles. The first kappa shape index (κ1) is 14.7. The average Bonchev–Trinajstić information content (AvgIpc) is 2.46. The molecule has 1 amide bonds. The van der Waals surface area contributed by atoms with Gasteiger partial charge in [0.05, 0.1) is 6.10 Å². The number of aromatic nitrogens is 2. The predicted molar refractivity (Wildman–Crippen MR) is 74.5 cm³/mol. The van der Waals surface area contributed by atoms with E-state index in [0.717, 1.165) is 0 Å². The molecule has 2 heterocycles. The number of nitrogens with zero attached hydrogens (tertiary/aromatic N) is 2. The number of nitrogens with one attached hydrogen (secondary N) is 1. The maximum Gasteiger partial charge on any atom is 0.263 e. The Labute approximate surface area is 117 Å². The lowest BCUT2D eigenvalue weighted by Crippen LogP contribution is -2.40. The maximum atomic E-state index is 12.5. The zero-order valence-electron chi connectivity index (χ0n) is 12.1. The van der Waals surface area contributed by atoms with Gasteiger partial charge < -0.3 is 15.0 Å². The molecule has 6 heteroatoms. The fourth-order valence-corrected chi connectivity index (χ4v) is 2.69. The number of hydrogen-bond acceptors (Lipinski definition) is 4. The molecule has 1 atom stereocenters. The maximum absolute atomic E-state index is 12.5. The van der Waals surface area contributed by atoms with E-state index in [1.807, 2.05) is 13.8 Å². The molecule has 0 radical (unpaired) electrons. The molecule has 0 unspecified atom stereocenters. The summed E-state index contributed by atoms with van der Waals surface area (Å²) < 4.78 is 0. The minimum atomic E-state index is -0.412. The van der Waals surface area contributed by atoms with Crippen molar-refractivity contribution < 1.29 is 9.90 Å². The van der Waals surface area contributed by atoms with E-state index in [-0.39, 0.29) is 16.9 Å². The summed E-state index contributed by atoms with van der Waals surface area (Å²) in [6.07, 6.45) is 2.11. The third-order valence-electron chi connectivity index (χ3n) is 3.58. The number of rotatable bonds is 1. The lowest BCUT2D eigenvalue weighted by molar-refractivity contribution is 0.0702. The number of aliphatic hydroxyl groups excluding tert-OH is 1. The van der Waals surface area contributed by atoms with Crippen molar-refractivity contribution in [1.29, 1.82) is 0 Å². The highest BCUT2D eigenvalue weighted by Gasteiger charge is 2.32. The molecule has 0 bridgehead atoms. The van der Waals surface area contributed by atoms with Gasteiger partial charge >= 0.3 is 0 Å². The number of carbonyl (C=O) groups is 1. The summed E-state index contributed by atoms with van der Waals surface area (Å²) in [6, 6.07) is 0. The van der Waals surface area contributed by atoms with E-state index in [1.54, 1.807) is 11.8 Å². The van der Waals surface area contributed by atoms with Crippen molar-refractivity contribution in [3.63, 3.8) is 0 Å². The second-order valence-electron chi connectivity index (χ2n) is 6.25. The third-order valence-corrected chi connectivity index (χ3v) is 3.58. The van der Waals surface area contributed by atoms with Crippen LogP contribution in [0.15, 0.2) is 11.0 Å². The minimum Gasteiger partial charge on any atom is -0.393 e. The Kier molecular flexibility index (Phi) is 3.94. The second kappa shape index (κ2) is 5.36. The van der Waals surface area contributed by atoms with Crippen LogP contribution in [0.1, 0.15) is 42.9 Å². The molecule has 2 rings (SSSR count). The van der Waals surface area contributed by atoms with Crippen molar-refractivity contribution in [1.82, 2.24) is 14.9 Å². The van der Waals surface area contributed by atoms with Gasteiger partial charge in [-0.1, -0.05) is 13.8 Å². The van der Waals surface area contributed by atoms with Gasteiger partial charge in [-0.25, -0.2) is 4.98 Å². The summed E-state index contributed by atoms with van der Waals surface area (Å²) in [5.74, 6) is 0.166. The number of H-pyrrole nitrogens is 1. The lowest BCUT2D eigenvalue weighted by atomic mass is 9.87. The third kappa shape index (κ3) is 3.25. The fraction of sp³-hybridized carbons (Fsp3) is 0.643. The smallest absolute Gasteiger partial charge is 0.263 e. The summed E-state index contributed by atoms with van der Waals surface area (Å²) in [7, 11) is 0. The van der Waals surface area contributed by atoms with Gasteiger partial charge in [0.2, 0.25) is 0 Å². The van der Waals surface area contributed by atoms with Crippen LogP contribution in [0.4, 0.5) is 0 Å². The van der Waals surface area contributed by atoms with Crippen LogP contribution in [-0.4, -0.2) is 45.1 Å². The van der Waals surface area contributed by atoms with Gasteiger partial charge in [-0.15, -0.1) is 0 Å². The molecule has 6 nitrogen and oxygen atoms in total. The number of hydrogen-bond donors (Lipinski definition) is 2. The first-order chi connectivity index (χ1) is 9.28. The Hall–Kier alpha value is -1.69. The molecule has 1 aromatic heterocycles. The monoisotopic (exact) mass is 279 g/mol. The highest BCUT2D eigenvalue weighted by atomic mass is 16.3. The summed E-state index contributed by atoms with van der Waals surface area (Å²) in [6.45, 7) is 6.67. The van der Waals surface area contributed by atoms with Crippen molar-refractivity contribution >= 4 is 5.91 Å². The normalized spacial score (nSPS) is 22.4. The van der Waals surface area contributed by atoms with Gasteiger partial charge in [0.1, 0.15) is 11.4 Å². The molecular weight excluding hydrogens is 258 g/mol. The van der Waals surface area contributed by atoms with E-state index in [9.17, 15) is 14.7 Å². The average molecular weight is 279 g/mol. The molecule has 0 spiro atoms. The van der Waals surface area contributed by atoms with E-state index in [1.165, 1.54) is 6.20 Å². The van der Waals surface area contributed by atoms with Crippen molar-refractivity contribution in [2.45, 2.75) is 39.7 Å². The number of aliphatic hydroxyl groups is 1. The molecule has 1 fully saturated rings. The standard InChI is InChI=1S/C14H21N3O3/c1-9-15-7-11(12(19)16-9)13(20)17-5-4-10(18)6-14(2,3)8-17/h7,10,18H,4-6,8H2,1-3H3,(H,15,16,19)/t10-/m1/s1. The molecule has 0 aliphatic carbocycles. The first-order valence-corrected chi connectivity index (χ1v) is 6.82. The SMILES string of the molecule is Cc1ncc(C(=O)N2CC[C@@H](O)CC(C)(C)C2)c(=O)[nH]1. The van der Waals surface area contributed by atoms with Crippen LogP contribution in [0.3, 0.4) is 0 Å². The van der Waals surface area contributed by atoms with Gasteiger partial charge in [-0.05, 0) is 25.2 Å². The van der Waals surface area contributed by atoms with Crippen LogP contribution in [0.25, 0.3) is 0 Å². The highest BCUT2D eigenvalue weighted by molar-refractivity contribution is 5.93. The fourth-order valence-electron chi connectivity index (χ4n) is 2.69. The molecule has 1 aliphatic rings. The molecule has 110 valence electrons. The van der Waals surface area contributed by atoms with Crippen LogP contribution in [0.2, 0.25) is 0 Å². The minimum absolute atomic E-state index is 0.0581. The van der Waals surface area contributed by atoms with Crippen molar-refractivity contribution in [3.8, 4) is 0 Å². The Balaban J connectivity index is 2.26. The molecule has 1 aliphatic heterocycles. The van der Waals surface area contributed by atoms with Gasteiger partial charge in [0.15, 0.2) is 0 Å². The quantitative estimate of drug-likeness (QED) is 0.792. The molecular formula is C14H21N3O3. The van der Waals surface area contributed by atoms with E-state index in [0.29, 0.717) is 31.8 Å². The predicted octanol–water partition coefficient (Wildman–Crippen LogP) is 0.701. The summed E-state index contributed by atoms with van der Waals surface area (Å²) >= 11 is 0. The van der Waals surface area contributed by atoms with Gasteiger partial charge in [0, 0.05) is 19.3 Å². The van der Waals surface area contributed by atoms with Crippen LogP contribution >= 0.6 is 0 Å². The number of carbonyl (C=O) groups excluding carboxylic acids is 1. The lowest BCUT2D eigenvalue weighted by Gasteiger charge is -2.29. The van der Waals surface area contributed by atoms with Crippen molar-refractivity contribution in [2.24, 2.45) is 5.41 Å². The Morgan fingerprint density at radius 2 is 2.25 bits per heavy atom. The number of amides is 1. The van der Waals surface area contributed by atoms with Gasteiger partial charge in [-0.2, -0.15) is 0 Å². The first-order valence-electron chi connectivity index (χ1n) is 6.82. The van der Waals surface area contributed by atoms with Crippen LogP contribution in [-0.2, 0) is 0 Å². The molecule has 1 saturated heterocycles. The highest BCUT2D eigenvalue weighted by Crippen LogP contribution is 2.28. The number of aromatic amines is 1.